The van der Waals surface area contributed by atoms with E-state index in [0.717, 1.165) is 17.7 Å². The average molecular weight is 273 g/mol. The van der Waals surface area contributed by atoms with Crippen LogP contribution in [0, 0.1) is 0 Å². The van der Waals surface area contributed by atoms with E-state index in [9.17, 15) is 4.79 Å². The Morgan fingerprint density at radius 2 is 1.74 bits per heavy atom. The SMILES string of the molecule is O=C(O)Cc1ccc(SCCc2ccncc2)cc1. The number of rotatable bonds is 6. The van der Waals surface area contributed by atoms with Crippen molar-refractivity contribution >= 4 is 17.7 Å². The van der Waals surface area contributed by atoms with Crippen molar-refractivity contribution in [2.45, 2.75) is 17.7 Å². The van der Waals surface area contributed by atoms with E-state index in [0.29, 0.717) is 0 Å². The van der Waals surface area contributed by atoms with Gasteiger partial charge in [0.15, 0.2) is 0 Å². The fourth-order valence-electron chi connectivity index (χ4n) is 1.71. The van der Waals surface area contributed by atoms with Crippen LogP contribution in [0.25, 0.3) is 0 Å². The number of carbonyl (C=O) groups is 1. The minimum atomic E-state index is -0.793. The number of aryl methyl sites for hydroxylation is 1. The zero-order valence-corrected chi connectivity index (χ0v) is 11.3. The van der Waals surface area contributed by atoms with E-state index < -0.39 is 5.97 Å². The molecule has 0 radical (unpaired) electrons. The highest BCUT2D eigenvalue weighted by atomic mass is 32.2. The third kappa shape index (κ3) is 4.75. The molecule has 0 aliphatic carbocycles. The molecule has 2 rings (SSSR count). The number of hydrogen-bond donors (Lipinski definition) is 1. The molecule has 1 aromatic heterocycles. The Morgan fingerprint density at radius 3 is 2.37 bits per heavy atom. The third-order valence-electron chi connectivity index (χ3n) is 2.69. The number of pyridine rings is 1. The summed E-state index contributed by atoms with van der Waals surface area (Å²) in [6, 6.07) is 11.8. The van der Waals surface area contributed by atoms with E-state index >= 15 is 0 Å². The zero-order valence-electron chi connectivity index (χ0n) is 10.5. The van der Waals surface area contributed by atoms with Crippen molar-refractivity contribution in [1.29, 1.82) is 0 Å². The molecular formula is C15H15NO2S. The van der Waals surface area contributed by atoms with Crippen molar-refractivity contribution < 1.29 is 9.90 Å². The van der Waals surface area contributed by atoms with E-state index in [4.69, 9.17) is 5.11 Å². The molecular weight excluding hydrogens is 258 g/mol. The molecule has 1 N–H and O–H groups in total. The summed E-state index contributed by atoms with van der Waals surface area (Å²) < 4.78 is 0. The van der Waals surface area contributed by atoms with Gasteiger partial charge in [-0.05, 0) is 41.8 Å². The van der Waals surface area contributed by atoms with Gasteiger partial charge in [-0.25, -0.2) is 0 Å². The Morgan fingerprint density at radius 1 is 1.05 bits per heavy atom. The molecule has 2 aromatic rings. The molecule has 0 fully saturated rings. The summed E-state index contributed by atoms with van der Waals surface area (Å²) in [5, 5.41) is 8.69. The quantitative estimate of drug-likeness (QED) is 0.822. The van der Waals surface area contributed by atoms with Crippen LogP contribution in [0.1, 0.15) is 11.1 Å². The van der Waals surface area contributed by atoms with Gasteiger partial charge in [-0.3, -0.25) is 9.78 Å². The molecule has 0 aliphatic rings. The smallest absolute Gasteiger partial charge is 0.307 e. The summed E-state index contributed by atoms with van der Waals surface area (Å²) >= 11 is 1.78. The van der Waals surface area contributed by atoms with Crippen LogP contribution in [0.2, 0.25) is 0 Å². The highest BCUT2D eigenvalue weighted by Crippen LogP contribution is 2.19. The van der Waals surface area contributed by atoms with Crippen LogP contribution in [-0.2, 0) is 17.6 Å². The lowest BCUT2D eigenvalue weighted by Gasteiger charge is -2.03. The maximum Gasteiger partial charge on any atom is 0.307 e. The maximum absolute atomic E-state index is 10.6. The Labute approximate surface area is 116 Å². The van der Waals surface area contributed by atoms with Gasteiger partial charge in [-0.2, -0.15) is 0 Å². The monoisotopic (exact) mass is 273 g/mol. The lowest BCUT2D eigenvalue weighted by molar-refractivity contribution is -0.136. The number of thioether (sulfide) groups is 1. The van der Waals surface area contributed by atoms with Crippen molar-refractivity contribution in [3.63, 3.8) is 0 Å². The Kier molecular flexibility index (Phi) is 4.98. The van der Waals surface area contributed by atoms with Crippen LogP contribution in [-0.4, -0.2) is 21.8 Å². The molecule has 0 aliphatic heterocycles. The van der Waals surface area contributed by atoms with Crippen molar-refractivity contribution in [2.24, 2.45) is 0 Å². The normalized spacial score (nSPS) is 10.3. The molecule has 1 heterocycles. The van der Waals surface area contributed by atoms with Crippen molar-refractivity contribution in [1.82, 2.24) is 4.98 Å². The largest absolute Gasteiger partial charge is 0.481 e. The van der Waals surface area contributed by atoms with Crippen molar-refractivity contribution in [3.8, 4) is 0 Å². The lowest BCUT2D eigenvalue weighted by Crippen LogP contribution is -1.99. The van der Waals surface area contributed by atoms with Crippen molar-refractivity contribution in [3.05, 3.63) is 59.9 Å². The summed E-state index contributed by atoms with van der Waals surface area (Å²) in [4.78, 5) is 15.7. The van der Waals surface area contributed by atoms with Gasteiger partial charge in [0.05, 0.1) is 6.42 Å². The van der Waals surface area contributed by atoms with Crippen LogP contribution in [0.15, 0.2) is 53.7 Å². The number of carboxylic acid groups (broad SMARTS) is 1. The van der Waals surface area contributed by atoms with E-state index in [1.807, 2.05) is 36.4 Å². The van der Waals surface area contributed by atoms with Gasteiger partial charge in [0.25, 0.3) is 0 Å². The molecule has 98 valence electrons. The fourth-order valence-corrected chi connectivity index (χ4v) is 2.62. The summed E-state index contributed by atoms with van der Waals surface area (Å²) in [7, 11) is 0. The Bertz CT molecular complexity index is 526. The Hall–Kier alpha value is -1.81. The summed E-state index contributed by atoms with van der Waals surface area (Å²) in [5.41, 5.74) is 2.12. The van der Waals surface area contributed by atoms with Crippen LogP contribution in [0.4, 0.5) is 0 Å². The third-order valence-corrected chi connectivity index (χ3v) is 3.70. The van der Waals surface area contributed by atoms with Gasteiger partial charge in [-0.1, -0.05) is 12.1 Å². The minimum absolute atomic E-state index is 0.0853. The fraction of sp³-hybridized carbons (Fsp3) is 0.200. The molecule has 0 spiro atoms. The minimum Gasteiger partial charge on any atom is -0.481 e. The molecule has 0 saturated carbocycles. The highest BCUT2D eigenvalue weighted by molar-refractivity contribution is 7.99. The Balaban J connectivity index is 1.81. The first-order chi connectivity index (χ1) is 9.24. The number of benzene rings is 1. The predicted octanol–water partition coefficient (Wildman–Crippen LogP) is 3.04. The van der Waals surface area contributed by atoms with Gasteiger partial charge in [0.2, 0.25) is 0 Å². The summed E-state index contributed by atoms with van der Waals surface area (Å²) in [5.74, 6) is 0.209. The number of nitrogens with zero attached hydrogens (tertiary/aromatic N) is 1. The van der Waals surface area contributed by atoms with Crippen molar-refractivity contribution in [2.75, 3.05) is 5.75 Å². The first-order valence-electron chi connectivity index (χ1n) is 6.06. The van der Waals surface area contributed by atoms with Gasteiger partial charge >= 0.3 is 5.97 Å². The zero-order chi connectivity index (χ0) is 13.5. The standard InChI is InChI=1S/C15H15NO2S/c17-15(18)11-13-1-3-14(4-2-13)19-10-7-12-5-8-16-9-6-12/h1-6,8-9H,7,10-11H2,(H,17,18). The second kappa shape index (κ2) is 6.95. The van der Waals surface area contributed by atoms with E-state index in [-0.39, 0.29) is 6.42 Å². The van der Waals surface area contributed by atoms with Crippen LogP contribution >= 0.6 is 11.8 Å². The van der Waals surface area contributed by atoms with E-state index in [1.54, 1.807) is 24.2 Å². The summed E-state index contributed by atoms with van der Waals surface area (Å²) in [6.45, 7) is 0. The molecule has 0 amide bonds. The van der Waals surface area contributed by atoms with Gasteiger partial charge in [0, 0.05) is 23.0 Å². The number of hydrogen-bond acceptors (Lipinski definition) is 3. The first-order valence-corrected chi connectivity index (χ1v) is 7.05. The topological polar surface area (TPSA) is 50.2 Å². The van der Waals surface area contributed by atoms with Crippen LogP contribution < -0.4 is 0 Å². The molecule has 0 atom stereocenters. The lowest BCUT2D eigenvalue weighted by atomic mass is 10.2. The predicted molar refractivity (Wildman–Crippen MR) is 76.4 cm³/mol. The number of carboxylic acids is 1. The molecule has 4 heteroatoms. The van der Waals surface area contributed by atoms with Gasteiger partial charge in [-0.15, -0.1) is 11.8 Å². The number of aromatic nitrogens is 1. The summed E-state index contributed by atoms with van der Waals surface area (Å²) in [6.07, 6.45) is 4.70. The molecule has 0 bridgehead atoms. The molecule has 0 unspecified atom stereocenters. The van der Waals surface area contributed by atoms with E-state index in [1.165, 1.54) is 10.5 Å². The number of aliphatic carboxylic acids is 1. The first kappa shape index (κ1) is 13.6. The van der Waals surface area contributed by atoms with Gasteiger partial charge < -0.3 is 5.11 Å². The molecule has 19 heavy (non-hydrogen) atoms. The van der Waals surface area contributed by atoms with Crippen LogP contribution in [0.5, 0.6) is 0 Å². The van der Waals surface area contributed by atoms with E-state index in [2.05, 4.69) is 4.98 Å². The average Bonchev–Trinajstić information content (AvgIpc) is 2.41. The maximum atomic E-state index is 10.6. The second-order valence-corrected chi connectivity index (χ2v) is 5.34. The molecule has 0 saturated heterocycles. The molecule has 3 nitrogen and oxygen atoms in total. The van der Waals surface area contributed by atoms with Gasteiger partial charge in [0.1, 0.15) is 0 Å². The second-order valence-electron chi connectivity index (χ2n) is 4.17. The highest BCUT2D eigenvalue weighted by Gasteiger charge is 2.01. The molecule has 1 aromatic carbocycles. The van der Waals surface area contributed by atoms with Crippen LogP contribution in [0.3, 0.4) is 0 Å².